The van der Waals surface area contributed by atoms with E-state index >= 15 is 0 Å². The zero-order valence-corrected chi connectivity index (χ0v) is 10.6. The number of hydrogen-bond donors (Lipinski definition) is 1. The van der Waals surface area contributed by atoms with Crippen LogP contribution >= 0.6 is 0 Å². The monoisotopic (exact) mass is 235 g/mol. The first kappa shape index (κ1) is 13.7. The van der Waals surface area contributed by atoms with Gasteiger partial charge in [-0.25, -0.2) is 0 Å². The zero-order chi connectivity index (χ0) is 12.7. The summed E-state index contributed by atoms with van der Waals surface area (Å²) in [4.78, 5) is 13.7. The van der Waals surface area contributed by atoms with Gasteiger partial charge in [-0.3, -0.25) is 4.79 Å². The van der Waals surface area contributed by atoms with Crippen molar-refractivity contribution in [1.82, 2.24) is 4.90 Å². The minimum absolute atomic E-state index is 0.0106. The zero-order valence-electron chi connectivity index (χ0n) is 10.6. The van der Waals surface area contributed by atoms with Crippen LogP contribution in [0.15, 0.2) is 30.3 Å². The molecule has 3 nitrogen and oxygen atoms in total. The first-order chi connectivity index (χ1) is 8.13. The van der Waals surface area contributed by atoms with Crippen LogP contribution in [0.1, 0.15) is 25.8 Å². The van der Waals surface area contributed by atoms with Gasteiger partial charge in [-0.1, -0.05) is 44.2 Å². The molecule has 0 aliphatic rings. The summed E-state index contributed by atoms with van der Waals surface area (Å²) in [5.74, 6) is 0.456. The quantitative estimate of drug-likeness (QED) is 0.820. The van der Waals surface area contributed by atoms with Crippen LogP contribution in [0.25, 0.3) is 0 Å². The Kier molecular flexibility index (Phi) is 5.70. The molecular weight excluding hydrogens is 214 g/mol. The average molecular weight is 235 g/mol. The van der Waals surface area contributed by atoms with E-state index in [2.05, 4.69) is 0 Å². The Balaban J connectivity index is 2.63. The summed E-state index contributed by atoms with van der Waals surface area (Å²) in [5, 5.41) is 9.00. The summed E-state index contributed by atoms with van der Waals surface area (Å²) < 4.78 is 0. The van der Waals surface area contributed by atoms with Gasteiger partial charge in [0.15, 0.2) is 0 Å². The highest BCUT2D eigenvalue weighted by molar-refractivity contribution is 5.76. The lowest BCUT2D eigenvalue weighted by Gasteiger charge is -2.22. The molecule has 3 heteroatoms. The van der Waals surface area contributed by atoms with E-state index in [1.807, 2.05) is 44.2 Å². The molecule has 94 valence electrons. The summed E-state index contributed by atoms with van der Waals surface area (Å²) in [7, 11) is 0. The van der Waals surface area contributed by atoms with Crippen LogP contribution in [-0.2, 0) is 11.3 Å². The van der Waals surface area contributed by atoms with Crippen molar-refractivity contribution < 1.29 is 9.90 Å². The second-order valence-electron chi connectivity index (χ2n) is 4.62. The molecule has 0 radical (unpaired) electrons. The molecule has 1 aromatic carbocycles. The molecule has 17 heavy (non-hydrogen) atoms. The molecule has 0 heterocycles. The first-order valence-corrected chi connectivity index (χ1v) is 6.06. The highest BCUT2D eigenvalue weighted by atomic mass is 16.3. The number of carbonyl (C=O) groups excluding carboxylic acids is 1. The van der Waals surface area contributed by atoms with Crippen LogP contribution in [0.5, 0.6) is 0 Å². The van der Waals surface area contributed by atoms with Crippen molar-refractivity contribution in [1.29, 1.82) is 0 Å². The van der Waals surface area contributed by atoms with E-state index < -0.39 is 0 Å². The average Bonchev–Trinajstić information content (AvgIpc) is 2.29. The van der Waals surface area contributed by atoms with Crippen molar-refractivity contribution in [2.75, 3.05) is 13.2 Å². The molecule has 0 spiro atoms. The standard InChI is InChI=1S/C14H21NO2/c1-12(2)10-14(17)15(8-9-16)11-13-6-4-3-5-7-13/h3-7,12,16H,8-11H2,1-2H3. The summed E-state index contributed by atoms with van der Waals surface area (Å²) in [6.07, 6.45) is 0.535. The number of aliphatic hydroxyl groups excluding tert-OH is 1. The summed E-state index contributed by atoms with van der Waals surface area (Å²) in [6, 6.07) is 9.86. The summed E-state index contributed by atoms with van der Waals surface area (Å²) in [5.41, 5.74) is 1.10. The molecule has 1 amide bonds. The molecule has 0 bridgehead atoms. The molecule has 0 aliphatic carbocycles. The smallest absolute Gasteiger partial charge is 0.223 e. The Labute approximate surface area is 103 Å². The largest absolute Gasteiger partial charge is 0.395 e. The van der Waals surface area contributed by atoms with Gasteiger partial charge in [0.25, 0.3) is 0 Å². The number of rotatable bonds is 6. The summed E-state index contributed by atoms with van der Waals surface area (Å²) in [6.45, 7) is 5.04. The third-order valence-electron chi connectivity index (χ3n) is 2.52. The lowest BCUT2D eigenvalue weighted by Crippen LogP contribution is -2.33. The maximum atomic E-state index is 12.0. The Morgan fingerprint density at radius 1 is 1.29 bits per heavy atom. The van der Waals surface area contributed by atoms with Gasteiger partial charge in [0.05, 0.1) is 6.61 Å². The first-order valence-electron chi connectivity index (χ1n) is 6.06. The molecule has 1 aromatic rings. The molecule has 1 N–H and O–H groups in total. The number of nitrogens with zero attached hydrogens (tertiary/aromatic N) is 1. The van der Waals surface area contributed by atoms with Crippen molar-refractivity contribution in [2.24, 2.45) is 5.92 Å². The maximum Gasteiger partial charge on any atom is 0.223 e. The Bertz CT molecular complexity index is 335. The molecule has 0 saturated carbocycles. The predicted octanol–water partition coefficient (Wildman–Crippen LogP) is 2.05. The second-order valence-corrected chi connectivity index (χ2v) is 4.62. The minimum Gasteiger partial charge on any atom is -0.395 e. The molecule has 0 atom stereocenters. The molecule has 0 aromatic heterocycles. The van der Waals surface area contributed by atoms with Crippen molar-refractivity contribution >= 4 is 5.91 Å². The van der Waals surface area contributed by atoms with Crippen LogP contribution in [0.4, 0.5) is 0 Å². The van der Waals surface area contributed by atoms with Crippen LogP contribution in [0.3, 0.4) is 0 Å². The van der Waals surface area contributed by atoms with E-state index in [0.717, 1.165) is 5.56 Å². The van der Waals surface area contributed by atoms with Gasteiger partial charge in [-0.2, -0.15) is 0 Å². The Morgan fingerprint density at radius 2 is 1.94 bits per heavy atom. The lowest BCUT2D eigenvalue weighted by atomic mass is 10.1. The fourth-order valence-corrected chi connectivity index (χ4v) is 1.69. The molecule has 0 aliphatic heterocycles. The Hall–Kier alpha value is -1.35. The molecule has 0 saturated heterocycles. The van der Waals surface area contributed by atoms with Crippen molar-refractivity contribution in [3.05, 3.63) is 35.9 Å². The SMILES string of the molecule is CC(C)CC(=O)N(CCO)Cc1ccccc1. The third-order valence-corrected chi connectivity index (χ3v) is 2.52. The third kappa shape index (κ3) is 5.00. The van der Waals surface area contributed by atoms with Gasteiger partial charge < -0.3 is 10.0 Å². The maximum absolute atomic E-state index is 12.0. The molecule has 0 unspecified atom stereocenters. The fourth-order valence-electron chi connectivity index (χ4n) is 1.69. The van der Waals surface area contributed by atoms with Crippen LogP contribution in [-0.4, -0.2) is 29.1 Å². The second kappa shape index (κ2) is 7.07. The fraction of sp³-hybridized carbons (Fsp3) is 0.500. The Morgan fingerprint density at radius 3 is 2.47 bits per heavy atom. The molecule has 1 rings (SSSR count). The number of benzene rings is 1. The van der Waals surface area contributed by atoms with Gasteiger partial charge in [0.1, 0.15) is 0 Å². The van der Waals surface area contributed by atoms with E-state index in [1.165, 1.54) is 0 Å². The molecule has 0 fully saturated rings. The normalized spacial score (nSPS) is 10.6. The minimum atomic E-state index is 0.0106. The number of aliphatic hydroxyl groups is 1. The van der Waals surface area contributed by atoms with Gasteiger partial charge in [-0.15, -0.1) is 0 Å². The van der Waals surface area contributed by atoms with Gasteiger partial charge >= 0.3 is 0 Å². The van der Waals surface area contributed by atoms with Crippen LogP contribution < -0.4 is 0 Å². The molecular formula is C14H21NO2. The van der Waals surface area contributed by atoms with Crippen molar-refractivity contribution in [2.45, 2.75) is 26.8 Å². The van der Waals surface area contributed by atoms with Crippen LogP contribution in [0, 0.1) is 5.92 Å². The van der Waals surface area contributed by atoms with Crippen molar-refractivity contribution in [3.63, 3.8) is 0 Å². The van der Waals surface area contributed by atoms with Crippen molar-refractivity contribution in [3.8, 4) is 0 Å². The number of amides is 1. The van der Waals surface area contributed by atoms with E-state index in [-0.39, 0.29) is 12.5 Å². The number of carbonyl (C=O) groups is 1. The van der Waals surface area contributed by atoms with Gasteiger partial charge in [-0.05, 0) is 11.5 Å². The van der Waals surface area contributed by atoms with Crippen LogP contribution in [0.2, 0.25) is 0 Å². The van der Waals surface area contributed by atoms with Gasteiger partial charge in [0, 0.05) is 19.5 Å². The van der Waals surface area contributed by atoms with E-state index in [0.29, 0.717) is 25.4 Å². The van der Waals surface area contributed by atoms with E-state index in [4.69, 9.17) is 5.11 Å². The highest BCUT2D eigenvalue weighted by Gasteiger charge is 2.14. The van der Waals surface area contributed by atoms with Gasteiger partial charge in [0.2, 0.25) is 5.91 Å². The topological polar surface area (TPSA) is 40.5 Å². The number of hydrogen-bond acceptors (Lipinski definition) is 2. The van der Waals surface area contributed by atoms with E-state index in [1.54, 1.807) is 4.90 Å². The lowest BCUT2D eigenvalue weighted by molar-refractivity contribution is -0.133. The summed E-state index contributed by atoms with van der Waals surface area (Å²) >= 11 is 0. The highest BCUT2D eigenvalue weighted by Crippen LogP contribution is 2.09. The predicted molar refractivity (Wildman–Crippen MR) is 68.4 cm³/mol. The van der Waals surface area contributed by atoms with E-state index in [9.17, 15) is 4.79 Å².